The molecule has 6 heteroatoms. The van der Waals surface area contributed by atoms with Crippen molar-refractivity contribution in [2.24, 2.45) is 0 Å². The maximum atomic E-state index is 12.3. The van der Waals surface area contributed by atoms with Crippen LogP contribution in [0.1, 0.15) is 17.5 Å². The van der Waals surface area contributed by atoms with E-state index in [1.54, 1.807) is 18.3 Å². The number of hydrogen-bond donors (Lipinski definition) is 0. The summed E-state index contributed by atoms with van der Waals surface area (Å²) in [5.74, 6) is 0.766. The third kappa shape index (κ3) is 5.81. The highest BCUT2D eigenvalue weighted by molar-refractivity contribution is 7.91. The fraction of sp³-hybridized carbons (Fsp3) is 0.190. The van der Waals surface area contributed by atoms with Crippen molar-refractivity contribution >= 4 is 21.4 Å². The highest BCUT2D eigenvalue weighted by Crippen LogP contribution is 2.17. The molecule has 0 fully saturated rings. The van der Waals surface area contributed by atoms with Crippen molar-refractivity contribution in [3.05, 3.63) is 89.2 Å². The molecule has 0 amide bonds. The summed E-state index contributed by atoms with van der Waals surface area (Å²) in [5, 5.41) is 0.518. The summed E-state index contributed by atoms with van der Waals surface area (Å²) in [6.07, 6.45) is 4.84. The number of sulfone groups is 1. The predicted octanol–water partition coefficient (Wildman–Crippen LogP) is 4.57. The van der Waals surface area contributed by atoms with Gasteiger partial charge in [-0.05, 0) is 66.4 Å². The van der Waals surface area contributed by atoms with Crippen LogP contribution in [0.2, 0.25) is 5.02 Å². The van der Waals surface area contributed by atoms with Gasteiger partial charge in [-0.15, -0.1) is 0 Å². The Morgan fingerprint density at radius 1 is 0.926 bits per heavy atom. The summed E-state index contributed by atoms with van der Waals surface area (Å²) in [6, 6.07) is 18.0. The van der Waals surface area contributed by atoms with Crippen LogP contribution in [0.25, 0.3) is 0 Å². The van der Waals surface area contributed by atoms with E-state index in [2.05, 4.69) is 4.98 Å². The average molecular weight is 402 g/mol. The Kier molecular flexibility index (Phi) is 6.48. The van der Waals surface area contributed by atoms with Crippen LogP contribution in [0.5, 0.6) is 5.75 Å². The molecule has 3 rings (SSSR count). The van der Waals surface area contributed by atoms with Crippen LogP contribution >= 0.6 is 11.6 Å². The first-order valence-corrected chi connectivity index (χ1v) is 10.6. The first-order valence-electron chi connectivity index (χ1n) is 8.62. The van der Waals surface area contributed by atoms with Crippen LogP contribution in [0.4, 0.5) is 0 Å². The van der Waals surface area contributed by atoms with Crippen LogP contribution in [0.3, 0.4) is 0 Å². The van der Waals surface area contributed by atoms with Crippen LogP contribution in [-0.4, -0.2) is 25.8 Å². The minimum atomic E-state index is -3.32. The molecule has 0 aliphatic carbocycles. The summed E-state index contributed by atoms with van der Waals surface area (Å²) in [5.41, 5.74) is 2.32. The van der Waals surface area contributed by atoms with Crippen molar-refractivity contribution in [3.63, 3.8) is 0 Å². The minimum absolute atomic E-state index is 0.0354. The van der Waals surface area contributed by atoms with Gasteiger partial charge in [0.25, 0.3) is 0 Å². The van der Waals surface area contributed by atoms with E-state index in [0.717, 1.165) is 17.7 Å². The number of ether oxygens (including phenoxy) is 1. The van der Waals surface area contributed by atoms with E-state index in [4.69, 9.17) is 16.3 Å². The molecule has 0 spiro atoms. The van der Waals surface area contributed by atoms with Crippen molar-refractivity contribution in [3.8, 4) is 5.75 Å². The van der Waals surface area contributed by atoms with Crippen molar-refractivity contribution < 1.29 is 13.2 Å². The van der Waals surface area contributed by atoms with Gasteiger partial charge in [0.2, 0.25) is 0 Å². The van der Waals surface area contributed by atoms with Gasteiger partial charge in [0.15, 0.2) is 9.84 Å². The van der Waals surface area contributed by atoms with Gasteiger partial charge in [-0.1, -0.05) is 29.8 Å². The van der Waals surface area contributed by atoms with Gasteiger partial charge >= 0.3 is 0 Å². The summed E-state index contributed by atoms with van der Waals surface area (Å²) in [4.78, 5) is 4.40. The van der Waals surface area contributed by atoms with Crippen LogP contribution in [0, 0.1) is 0 Å². The molecule has 0 unspecified atom stereocenters. The zero-order valence-corrected chi connectivity index (χ0v) is 16.3. The zero-order valence-electron chi connectivity index (χ0n) is 14.7. The van der Waals surface area contributed by atoms with E-state index in [0.29, 0.717) is 18.1 Å². The summed E-state index contributed by atoms with van der Waals surface area (Å²) >= 11 is 5.79. The lowest BCUT2D eigenvalue weighted by Crippen LogP contribution is -2.10. The van der Waals surface area contributed by atoms with Gasteiger partial charge in [0.1, 0.15) is 5.75 Å². The Labute approximate surface area is 164 Å². The van der Waals surface area contributed by atoms with Crippen LogP contribution in [-0.2, 0) is 16.3 Å². The minimum Gasteiger partial charge on any atom is -0.494 e. The lowest BCUT2D eigenvalue weighted by Gasteiger charge is -2.08. The van der Waals surface area contributed by atoms with E-state index >= 15 is 0 Å². The normalized spacial score (nSPS) is 11.3. The maximum Gasteiger partial charge on any atom is 0.178 e. The van der Waals surface area contributed by atoms with Crippen LogP contribution in [0.15, 0.2) is 78.0 Å². The van der Waals surface area contributed by atoms with Gasteiger partial charge < -0.3 is 4.74 Å². The van der Waals surface area contributed by atoms with Gasteiger partial charge in [-0.2, -0.15) is 0 Å². The largest absolute Gasteiger partial charge is 0.494 e. The Hall–Kier alpha value is -2.37. The molecule has 4 nitrogen and oxygen atoms in total. The first kappa shape index (κ1) is 19.4. The van der Waals surface area contributed by atoms with E-state index < -0.39 is 9.84 Å². The number of nitrogens with zero attached hydrogens (tertiary/aromatic N) is 1. The highest BCUT2D eigenvalue weighted by Gasteiger charge is 2.13. The fourth-order valence-electron chi connectivity index (χ4n) is 2.64. The smallest absolute Gasteiger partial charge is 0.178 e. The number of pyridine rings is 1. The Morgan fingerprint density at radius 2 is 1.67 bits per heavy atom. The monoisotopic (exact) mass is 401 g/mol. The van der Waals surface area contributed by atoms with E-state index in [9.17, 15) is 8.42 Å². The highest BCUT2D eigenvalue weighted by atomic mass is 35.5. The molecule has 2 aromatic carbocycles. The lowest BCUT2D eigenvalue weighted by molar-refractivity contribution is 0.317. The summed E-state index contributed by atoms with van der Waals surface area (Å²) < 4.78 is 30.2. The van der Waals surface area contributed by atoms with Gasteiger partial charge in [0, 0.05) is 17.4 Å². The predicted molar refractivity (Wildman–Crippen MR) is 107 cm³/mol. The molecule has 0 bridgehead atoms. The number of aromatic nitrogens is 1. The zero-order chi connectivity index (χ0) is 19.1. The third-order valence-electron chi connectivity index (χ3n) is 4.05. The van der Waals surface area contributed by atoms with Gasteiger partial charge in [0.05, 0.1) is 17.3 Å². The van der Waals surface area contributed by atoms with Crippen molar-refractivity contribution in [2.75, 3.05) is 12.4 Å². The fourth-order valence-corrected chi connectivity index (χ4v) is 4.05. The van der Waals surface area contributed by atoms with Gasteiger partial charge in [-0.3, -0.25) is 4.98 Å². The lowest BCUT2D eigenvalue weighted by atomic mass is 10.1. The van der Waals surface area contributed by atoms with E-state index in [1.165, 1.54) is 17.7 Å². The summed E-state index contributed by atoms with van der Waals surface area (Å²) in [7, 11) is -3.32. The first-order chi connectivity index (χ1) is 13.0. The maximum absolute atomic E-state index is 12.3. The molecule has 140 valence electrons. The summed E-state index contributed by atoms with van der Waals surface area (Å²) in [6.45, 7) is 0.342. The number of rotatable bonds is 8. The van der Waals surface area contributed by atoms with Crippen LogP contribution < -0.4 is 4.74 Å². The molecule has 0 atom stereocenters. The molecule has 1 aromatic heterocycles. The van der Waals surface area contributed by atoms with E-state index in [1.807, 2.05) is 42.6 Å². The number of benzene rings is 2. The number of hydrogen-bond acceptors (Lipinski definition) is 4. The molecular formula is C21H20ClNO3S. The molecule has 3 aromatic rings. The molecule has 0 aliphatic heterocycles. The van der Waals surface area contributed by atoms with Gasteiger partial charge in [-0.25, -0.2) is 8.42 Å². The SMILES string of the molecule is O=S(=O)(CCCOc1ccc(Cc2cccnc2)cc1)c1ccc(Cl)cc1. The molecule has 0 N–H and O–H groups in total. The molecule has 27 heavy (non-hydrogen) atoms. The average Bonchev–Trinajstić information content (AvgIpc) is 2.68. The second-order valence-corrected chi connectivity index (χ2v) is 8.70. The standard InChI is InChI=1S/C21H20ClNO3S/c22-19-6-10-21(11-7-19)27(24,25)14-2-13-26-20-8-4-17(5-9-20)15-18-3-1-12-23-16-18/h1,3-12,16H,2,13-15H2. The quantitative estimate of drug-likeness (QED) is 0.519. The molecular weight excluding hydrogens is 382 g/mol. The molecule has 1 heterocycles. The molecule has 0 aliphatic rings. The third-order valence-corrected chi connectivity index (χ3v) is 6.12. The second-order valence-electron chi connectivity index (χ2n) is 6.16. The molecule has 0 saturated carbocycles. The number of halogens is 1. The Balaban J connectivity index is 1.47. The molecule has 0 radical (unpaired) electrons. The topological polar surface area (TPSA) is 56.3 Å². The van der Waals surface area contributed by atoms with Crippen molar-refractivity contribution in [2.45, 2.75) is 17.7 Å². The molecule has 0 saturated heterocycles. The second kappa shape index (κ2) is 9.02. The van der Waals surface area contributed by atoms with Crippen molar-refractivity contribution in [1.82, 2.24) is 4.98 Å². The Morgan fingerprint density at radius 3 is 2.33 bits per heavy atom. The van der Waals surface area contributed by atoms with E-state index in [-0.39, 0.29) is 10.6 Å². The van der Waals surface area contributed by atoms with Crippen molar-refractivity contribution in [1.29, 1.82) is 0 Å². The Bertz CT molecular complexity index is 957.